The second-order valence-electron chi connectivity index (χ2n) is 11.3. The highest BCUT2D eigenvalue weighted by atomic mass is 19.3. The third-order valence-corrected chi connectivity index (χ3v) is 7.70. The third kappa shape index (κ3) is 8.11. The molecule has 3 nitrogen and oxygen atoms in total. The quantitative estimate of drug-likeness (QED) is 0.0683. The first-order valence-electron chi connectivity index (χ1n) is 15.1. The Kier molecular flexibility index (Phi) is 11.0. The standard InChI is InChI=1S/C36H29F9O3/c1-2-3-4-5-20-7-11-27(31(40)12-20)36(44,45)48-24-18-46-35(47-19-24)22-8-10-25(28(37)15-22)23-16-29(38)26(30(39)17-23)9-6-21-13-32(41)34(43)33(42)14-21/h6-17,24,35H,2-5,18-19H2,1H3. The fourth-order valence-electron chi connectivity index (χ4n) is 5.21. The predicted molar refractivity (Wildman–Crippen MR) is 160 cm³/mol. The van der Waals surface area contributed by atoms with E-state index in [0.717, 1.165) is 61.7 Å². The first-order valence-corrected chi connectivity index (χ1v) is 15.1. The maximum Gasteiger partial charge on any atom is 0.386 e. The zero-order valence-corrected chi connectivity index (χ0v) is 25.5. The molecule has 0 aliphatic carbocycles. The van der Waals surface area contributed by atoms with Crippen LogP contribution in [0.15, 0.2) is 60.7 Å². The van der Waals surface area contributed by atoms with E-state index in [2.05, 4.69) is 0 Å². The van der Waals surface area contributed by atoms with Crippen LogP contribution in [0, 0.1) is 40.7 Å². The second kappa shape index (κ2) is 15.0. The summed E-state index contributed by atoms with van der Waals surface area (Å²) in [4.78, 5) is 0. The average Bonchev–Trinajstić information content (AvgIpc) is 3.03. The third-order valence-electron chi connectivity index (χ3n) is 7.70. The summed E-state index contributed by atoms with van der Waals surface area (Å²) in [6, 6.07) is 10.1. The summed E-state index contributed by atoms with van der Waals surface area (Å²) in [5.74, 6) is -8.87. The van der Waals surface area contributed by atoms with E-state index in [1.165, 1.54) is 18.2 Å². The average molecular weight is 681 g/mol. The first-order chi connectivity index (χ1) is 22.9. The van der Waals surface area contributed by atoms with Crippen LogP contribution in [0.2, 0.25) is 0 Å². The molecule has 0 amide bonds. The number of alkyl halides is 2. The largest absolute Gasteiger partial charge is 0.386 e. The monoisotopic (exact) mass is 680 g/mol. The van der Waals surface area contributed by atoms with Crippen LogP contribution in [0.4, 0.5) is 39.5 Å². The SMILES string of the molecule is CCCCCc1ccc(C(F)(F)OC2COC(c3ccc(-c4cc(F)c(C=Cc5cc(F)c(F)c(F)c5)c(F)c4)c(F)c3)OC2)c(F)c1. The predicted octanol–water partition coefficient (Wildman–Crippen LogP) is 10.4. The fraction of sp³-hybridized carbons (Fsp3) is 0.278. The van der Waals surface area contributed by atoms with E-state index in [4.69, 9.17) is 14.2 Å². The van der Waals surface area contributed by atoms with E-state index in [9.17, 15) is 35.1 Å². The van der Waals surface area contributed by atoms with E-state index < -0.39 is 70.4 Å². The van der Waals surface area contributed by atoms with Crippen molar-refractivity contribution in [2.75, 3.05) is 13.2 Å². The smallest absolute Gasteiger partial charge is 0.346 e. The zero-order valence-electron chi connectivity index (χ0n) is 25.5. The molecule has 0 saturated carbocycles. The van der Waals surface area contributed by atoms with Gasteiger partial charge >= 0.3 is 6.11 Å². The van der Waals surface area contributed by atoms with Gasteiger partial charge < -0.3 is 14.2 Å². The molecule has 1 saturated heterocycles. The van der Waals surface area contributed by atoms with Gasteiger partial charge in [0.2, 0.25) is 0 Å². The van der Waals surface area contributed by atoms with Crippen LogP contribution >= 0.6 is 0 Å². The lowest BCUT2D eigenvalue weighted by molar-refractivity contribution is -0.321. The highest BCUT2D eigenvalue weighted by Crippen LogP contribution is 2.36. The fourth-order valence-corrected chi connectivity index (χ4v) is 5.21. The van der Waals surface area contributed by atoms with Crippen molar-refractivity contribution in [2.45, 2.75) is 51.1 Å². The maximum absolute atomic E-state index is 15.1. The summed E-state index contributed by atoms with van der Waals surface area (Å²) in [6.07, 6.45) is -1.27. The molecule has 0 aromatic heterocycles. The molecular weight excluding hydrogens is 651 g/mol. The molecule has 12 heteroatoms. The van der Waals surface area contributed by atoms with E-state index in [0.29, 0.717) is 24.1 Å². The Morgan fingerprint density at radius 2 is 1.40 bits per heavy atom. The molecule has 0 spiro atoms. The summed E-state index contributed by atoms with van der Waals surface area (Å²) in [5, 5.41) is 0. The van der Waals surface area contributed by atoms with Crippen molar-refractivity contribution in [3.8, 4) is 11.1 Å². The Hall–Kier alpha value is -4.13. The van der Waals surface area contributed by atoms with Gasteiger partial charge in [-0.2, -0.15) is 8.78 Å². The van der Waals surface area contributed by atoms with Gasteiger partial charge in [0.1, 0.15) is 29.4 Å². The number of halogens is 9. The summed E-state index contributed by atoms with van der Waals surface area (Å²) >= 11 is 0. The van der Waals surface area contributed by atoms with Gasteiger partial charge in [0.25, 0.3) is 0 Å². The minimum absolute atomic E-state index is 0.144. The van der Waals surface area contributed by atoms with Crippen LogP contribution in [-0.2, 0) is 26.7 Å². The molecule has 5 rings (SSSR count). The van der Waals surface area contributed by atoms with E-state index >= 15 is 4.39 Å². The van der Waals surface area contributed by atoms with Crippen LogP contribution < -0.4 is 0 Å². The van der Waals surface area contributed by atoms with E-state index in [1.807, 2.05) is 6.92 Å². The second-order valence-corrected chi connectivity index (χ2v) is 11.3. The Morgan fingerprint density at radius 3 is 2.00 bits per heavy atom. The van der Waals surface area contributed by atoms with Crippen molar-refractivity contribution in [3.05, 3.63) is 129 Å². The summed E-state index contributed by atoms with van der Waals surface area (Å²) in [6.45, 7) is 1.25. The molecule has 0 bridgehead atoms. The molecule has 48 heavy (non-hydrogen) atoms. The molecule has 1 aliphatic rings. The molecule has 254 valence electrons. The number of hydrogen-bond donors (Lipinski definition) is 0. The summed E-state index contributed by atoms with van der Waals surface area (Å²) < 4.78 is 145. The molecule has 4 aromatic carbocycles. The number of ether oxygens (including phenoxy) is 3. The number of unbranched alkanes of at least 4 members (excludes halogenated alkanes) is 2. The number of benzene rings is 4. The van der Waals surface area contributed by atoms with Crippen molar-refractivity contribution >= 4 is 12.2 Å². The van der Waals surface area contributed by atoms with Crippen LogP contribution in [0.3, 0.4) is 0 Å². The van der Waals surface area contributed by atoms with E-state index in [-0.39, 0.29) is 35.5 Å². The van der Waals surface area contributed by atoms with Crippen molar-refractivity contribution in [2.24, 2.45) is 0 Å². The zero-order chi connectivity index (χ0) is 34.6. The van der Waals surface area contributed by atoms with Gasteiger partial charge in [-0.15, -0.1) is 0 Å². The molecule has 1 aliphatic heterocycles. The molecule has 0 unspecified atom stereocenters. The molecule has 0 N–H and O–H groups in total. The molecule has 0 radical (unpaired) electrons. The van der Waals surface area contributed by atoms with Crippen LogP contribution in [0.1, 0.15) is 60.3 Å². The van der Waals surface area contributed by atoms with Gasteiger partial charge in [-0.1, -0.05) is 44.0 Å². The lowest BCUT2D eigenvalue weighted by Gasteiger charge is -2.32. The summed E-state index contributed by atoms with van der Waals surface area (Å²) in [5.41, 5.74) is -1.31. The van der Waals surface area contributed by atoms with Gasteiger partial charge in [-0.25, -0.2) is 30.7 Å². The van der Waals surface area contributed by atoms with Crippen LogP contribution in [-0.4, -0.2) is 19.3 Å². The number of rotatable bonds is 11. The highest BCUT2D eigenvalue weighted by molar-refractivity contribution is 5.73. The van der Waals surface area contributed by atoms with Gasteiger partial charge in [0, 0.05) is 16.7 Å². The van der Waals surface area contributed by atoms with Gasteiger partial charge in [0.05, 0.1) is 18.8 Å². The Morgan fingerprint density at radius 1 is 0.729 bits per heavy atom. The normalized spacial score (nSPS) is 17.0. The molecule has 1 heterocycles. The Balaban J connectivity index is 1.22. The van der Waals surface area contributed by atoms with Gasteiger partial charge in [0.15, 0.2) is 23.7 Å². The van der Waals surface area contributed by atoms with Crippen molar-refractivity contribution < 1.29 is 53.7 Å². The van der Waals surface area contributed by atoms with Gasteiger partial charge in [-0.3, -0.25) is 0 Å². The van der Waals surface area contributed by atoms with Crippen molar-refractivity contribution in [3.63, 3.8) is 0 Å². The number of aryl methyl sites for hydroxylation is 1. The van der Waals surface area contributed by atoms with Gasteiger partial charge in [-0.05, 0) is 78.1 Å². The molecular formula is C36H29F9O3. The van der Waals surface area contributed by atoms with E-state index in [1.54, 1.807) is 0 Å². The summed E-state index contributed by atoms with van der Waals surface area (Å²) in [7, 11) is 0. The lowest BCUT2D eigenvalue weighted by Crippen LogP contribution is -2.38. The Labute approximate surface area is 270 Å². The first kappa shape index (κ1) is 35.2. The van der Waals surface area contributed by atoms with Crippen LogP contribution in [0.5, 0.6) is 0 Å². The topological polar surface area (TPSA) is 27.7 Å². The molecule has 1 fully saturated rings. The Bertz CT molecular complexity index is 1750. The highest BCUT2D eigenvalue weighted by Gasteiger charge is 2.40. The lowest BCUT2D eigenvalue weighted by atomic mass is 10.00. The maximum atomic E-state index is 15.1. The van der Waals surface area contributed by atoms with Crippen LogP contribution in [0.25, 0.3) is 23.3 Å². The van der Waals surface area contributed by atoms with Crippen molar-refractivity contribution in [1.29, 1.82) is 0 Å². The number of hydrogen-bond acceptors (Lipinski definition) is 3. The molecule has 4 aromatic rings. The van der Waals surface area contributed by atoms with Crippen molar-refractivity contribution in [1.82, 2.24) is 0 Å². The molecule has 0 atom stereocenters. The minimum atomic E-state index is -3.98. The minimum Gasteiger partial charge on any atom is -0.346 e.